The summed E-state index contributed by atoms with van der Waals surface area (Å²) >= 11 is 0. The van der Waals surface area contributed by atoms with Crippen LogP contribution in [0.4, 0.5) is 0 Å². The van der Waals surface area contributed by atoms with Gasteiger partial charge in [0.25, 0.3) is 0 Å². The second-order valence-corrected chi connectivity index (χ2v) is 12.0. The van der Waals surface area contributed by atoms with Crippen LogP contribution in [0.5, 0.6) is 0 Å². The number of hydrogen-bond donors (Lipinski definition) is 0. The van der Waals surface area contributed by atoms with Crippen molar-refractivity contribution in [2.24, 2.45) is 0 Å². The molecule has 10 rings (SSSR count). The van der Waals surface area contributed by atoms with Crippen molar-refractivity contribution < 1.29 is 4.42 Å². The molecule has 0 aliphatic rings. The minimum absolute atomic E-state index is 0.567. The van der Waals surface area contributed by atoms with Gasteiger partial charge in [0.1, 0.15) is 11.2 Å². The zero-order chi connectivity index (χ0) is 31.6. The fourth-order valence-corrected chi connectivity index (χ4v) is 7.12. The van der Waals surface area contributed by atoms with Crippen LogP contribution >= 0.6 is 0 Å². The molecule has 0 radical (unpaired) electrons. The molecule has 10 aromatic rings. The quantitative estimate of drug-likeness (QED) is 0.198. The monoisotopic (exact) mass is 614 g/mol. The summed E-state index contributed by atoms with van der Waals surface area (Å²) in [5, 5.41) is 6.73. The Morgan fingerprint density at radius 2 is 1.08 bits per heavy atom. The van der Waals surface area contributed by atoms with Crippen LogP contribution in [-0.4, -0.2) is 19.5 Å². The van der Waals surface area contributed by atoms with Gasteiger partial charge in [-0.15, -0.1) is 0 Å². The van der Waals surface area contributed by atoms with E-state index in [1.807, 2.05) is 60.7 Å². The normalized spacial score (nSPS) is 11.8. The Labute approximate surface area is 275 Å². The molecule has 0 bridgehead atoms. The summed E-state index contributed by atoms with van der Waals surface area (Å²) in [4.78, 5) is 15.5. The molecule has 0 amide bonds. The first kappa shape index (κ1) is 26.6. The van der Waals surface area contributed by atoms with Crippen molar-refractivity contribution in [3.63, 3.8) is 0 Å². The minimum Gasteiger partial charge on any atom is -0.455 e. The number of benzene rings is 7. The van der Waals surface area contributed by atoms with Gasteiger partial charge < -0.3 is 8.98 Å². The molecule has 0 saturated heterocycles. The lowest BCUT2D eigenvalue weighted by Crippen LogP contribution is -2.00. The minimum atomic E-state index is 0.567. The highest BCUT2D eigenvalue weighted by Crippen LogP contribution is 2.42. The molecule has 0 fully saturated rings. The third kappa shape index (κ3) is 4.01. The van der Waals surface area contributed by atoms with Crippen LogP contribution in [0.25, 0.3) is 94.4 Å². The lowest BCUT2D eigenvalue weighted by molar-refractivity contribution is 0.669. The zero-order valence-electron chi connectivity index (χ0n) is 25.7. The van der Waals surface area contributed by atoms with E-state index in [1.165, 1.54) is 10.8 Å². The predicted molar refractivity (Wildman–Crippen MR) is 195 cm³/mol. The number of para-hydroxylation sites is 3. The van der Waals surface area contributed by atoms with Crippen LogP contribution < -0.4 is 0 Å². The molecule has 0 atom stereocenters. The highest BCUT2D eigenvalue weighted by atomic mass is 16.3. The van der Waals surface area contributed by atoms with E-state index >= 15 is 0 Å². The number of nitrogens with zero attached hydrogens (tertiary/aromatic N) is 4. The van der Waals surface area contributed by atoms with Gasteiger partial charge in [0.15, 0.2) is 17.5 Å². The van der Waals surface area contributed by atoms with Crippen LogP contribution in [0.3, 0.4) is 0 Å². The third-order valence-corrected chi connectivity index (χ3v) is 9.24. The second kappa shape index (κ2) is 10.5. The lowest BCUT2D eigenvalue weighted by Gasteiger charge is -2.11. The second-order valence-electron chi connectivity index (χ2n) is 12.0. The Morgan fingerprint density at radius 3 is 1.94 bits per heavy atom. The van der Waals surface area contributed by atoms with Gasteiger partial charge >= 0.3 is 0 Å². The average molecular weight is 615 g/mol. The summed E-state index contributed by atoms with van der Waals surface area (Å²) in [7, 11) is 0. The first-order valence-electron chi connectivity index (χ1n) is 16.0. The maximum absolute atomic E-state index is 6.45. The van der Waals surface area contributed by atoms with Crippen LogP contribution in [0.15, 0.2) is 162 Å². The number of fused-ring (bicyclic) bond motifs is 8. The van der Waals surface area contributed by atoms with E-state index in [0.717, 1.165) is 66.1 Å². The molecular weight excluding hydrogens is 589 g/mol. The van der Waals surface area contributed by atoms with Gasteiger partial charge in [-0.2, -0.15) is 0 Å². The van der Waals surface area contributed by atoms with Crippen LogP contribution in [-0.2, 0) is 0 Å². The SMILES string of the molecule is c1ccc(-c2nc(-c3cccc4c3oc3ccccc34)nc(-c3cccc4c3c3ccc5ccccc5c3n4-c3ccccc3)n2)cc1. The lowest BCUT2D eigenvalue weighted by atomic mass is 10.0. The smallest absolute Gasteiger partial charge is 0.167 e. The molecule has 5 heteroatoms. The largest absolute Gasteiger partial charge is 0.455 e. The average Bonchev–Trinajstić information content (AvgIpc) is 3.72. The zero-order valence-corrected chi connectivity index (χ0v) is 25.7. The van der Waals surface area contributed by atoms with E-state index in [4.69, 9.17) is 19.4 Å². The van der Waals surface area contributed by atoms with E-state index < -0.39 is 0 Å². The van der Waals surface area contributed by atoms with E-state index in [9.17, 15) is 0 Å². The predicted octanol–water partition coefficient (Wildman–Crippen LogP) is 11.0. The molecule has 0 spiro atoms. The highest BCUT2D eigenvalue weighted by molar-refractivity contribution is 6.22. The van der Waals surface area contributed by atoms with Crippen LogP contribution in [0.1, 0.15) is 0 Å². The standard InChI is InChI=1S/C43H26N4O/c1-3-14-28(15-4-1)41-44-42(46-43(45-41)35-22-11-20-32-31-19-9-10-24-37(31)48-40(32)35)34-21-12-23-36-38(34)33-26-25-27-13-7-8-18-30(27)39(33)47(36)29-16-5-2-6-17-29/h1-26H. The molecule has 0 aliphatic heterocycles. The Kier molecular flexibility index (Phi) is 5.81. The van der Waals surface area contributed by atoms with Gasteiger partial charge in [-0.3, -0.25) is 0 Å². The molecule has 0 N–H and O–H groups in total. The van der Waals surface area contributed by atoms with Crippen LogP contribution in [0, 0.1) is 0 Å². The molecule has 0 unspecified atom stereocenters. The number of furan rings is 1. The first-order chi connectivity index (χ1) is 23.8. The first-order valence-corrected chi connectivity index (χ1v) is 16.0. The fraction of sp³-hybridized carbons (Fsp3) is 0. The van der Waals surface area contributed by atoms with Crippen LogP contribution in [0.2, 0.25) is 0 Å². The Morgan fingerprint density at radius 1 is 0.438 bits per heavy atom. The molecule has 48 heavy (non-hydrogen) atoms. The molecular formula is C43H26N4O. The van der Waals surface area contributed by atoms with Gasteiger partial charge in [0, 0.05) is 43.7 Å². The number of rotatable bonds is 4. The van der Waals surface area contributed by atoms with Gasteiger partial charge in [0.05, 0.1) is 16.6 Å². The fourth-order valence-electron chi connectivity index (χ4n) is 7.12. The van der Waals surface area contributed by atoms with E-state index in [0.29, 0.717) is 17.5 Å². The van der Waals surface area contributed by atoms with Crippen molar-refractivity contribution >= 4 is 54.5 Å². The summed E-state index contributed by atoms with van der Waals surface area (Å²) in [6, 6.07) is 54.4. The maximum atomic E-state index is 6.45. The summed E-state index contributed by atoms with van der Waals surface area (Å²) < 4.78 is 8.81. The number of hydrogen-bond acceptors (Lipinski definition) is 4. The Balaban J connectivity index is 1.31. The van der Waals surface area contributed by atoms with Gasteiger partial charge in [-0.25, -0.2) is 15.0 Å². The molecule has 0 saturated carbocycles. The molecule has 5 nitrogen and oxygen atoms in total. The third-order valence-electron chi connectivity index (χ3n) is 9.24. The summed E-state index contributed by atoms with van der Waals surface area (Å²) in [5.41, 5.74) is 7.64. The van der Waals surface area contributed by atoms with E-state index in [2.05, 4.69) is 102 Å². The Bertz CT molecular complexity index is 2830. The summed E-state index contributed by atoms with van der Waals surface area (Å²) in [6.45, 7) is 0. The van der Waals surface area contributed by atoms with Crippen molar-refractivity contribution in [2.75, 3.05) is 0 Å². The van der Waals surface area contributed by atoms with Gasteiger partial charge in [-0.1, -0.05) is 127 Å². The van der Waals surface area contributed by atoms with Crippen molar-refractivity contribution in [1.82, 2.24) is 19.5 Å². The highest BCUT2D eigenvalue weighted by Gasteiger charge is 2.22. The van der Waals surface area contributed by atoms with Crippen molar-refractivity contribution in [3.8, 4) is 39.9 Å². The van der Waals surface area contributed by atoms with E-state index in [1.54, 1.807) is 0 Å². The molecule has 0 aliphatic carbocycles. The van der Waals surface area contributed by atoms with Crippen molar-refractivity contribution in [1.29, 1.82) is 0 Å². The molecule has 7 aromatic carbocycles. The number of aromatic nitrogens is 4. The maximum Gasteiger partial charge on any atom is 0.167 e. The summed E-state index contributed by atoms with van der Waals surface area (Å²) in [6.07, 6.45) is 0. The van der Waals surface area contributed by atoms with Gasteiger partial charge in [0.2, 0.25) is 0 Å². The van der Waals surface area contributed by atoms with Crippen molar-refractivity contribution in [3.05, 3.63) is 158 Å². The molecule has 224 valence electrons. The topological polar surface area (TPSA) is 56.7 Å². The Hall–Kier alpha value is -6.59. The van der Waals surface area contributed by atoms with E-state index in [-0.39, 0.29) is 0 Å². The van der Waals surface area contributed by atoms with Gasteiger partial charge in [-0.05, 0) is 35.7 Å². The summed E-state index contributed by atoms with van der Waals surface area (Å²) in [5.74, 6) is 1.79. The molecule has 3 aromatic heterocycles. The van der Waals surface area contributed by atoms with Crippen molar-refractivity contribution in [2.45, 2.75) is 0 Å². The molecule has 3 heterocycles.